The number of nitrogens with one attached hydrogen (secondary N) is 1. The zero-order chi connectivity index (χ0) is 11.1. The number of carbonyl (C=O) groups excluding carboxylic acids is 1. The van der Waals surface area contributed by atoms with E-state index in [1.54, 1.807) is 17.1 Å². The molecular formula is C11H15N3O. The van der Waals surface area contributed by atoms with Crippen molar-refractivity contribution in [2.75, 3.05) is 10.7 Å². The van der Waals surface area contributed by atoms with Crippen LogP contribution in [0.5, 0.6) is 0 Å². The summed E-state index contributed by atoms with van der Waals surface area (Å²) in [6.07, 6.45) is 0.511. The van der Waals surface area contributed by atoms with Crippen molar-refractivity contribution in [2.24, 2.45) is 0 Å². The summed E-state index contributed by atoms with van der Waals surface area (Å²) in [7, 11) is 0. The first kappa shape index (κ1) is 9.98. The van der Waals surface area contributed by atoms with E-state index in [0.29, 0.717) is 12.1 Å². The van der Waals surface area contributed by atoms with E-state index in [4.69, 9.17) is 5.73 Å². The zero-order valence-electron chi connectivity index (χ0n) is 8.95. The van der Waals surface area contributed by atoms with Crippen molar-refractivity contribution >= 4 is 17.3 Å². The molecule has 3 N–H and O–H groups in total. The molecule has 1 aliphatic heterocycles. The van der Waals surface area contributed by atoms with Crippen molar-refractivity contribution in [3.8, 4) is 0 Å². The van der Waals surface area contributed by atoms with E-state index in [2.05, 4.69) is 5.43 Å². The molecule has 1 aromatic rings. The number of carbonyl (C=O) groups is 1. The van der Waals surface area contributed by atoms with E-state index < -0.39 is 0 Å². The maximum Gasteiger partial charge on any atom is 0.243 e. The average Bonchev–Trinajstić information content (AvgIpc) is 2.41. The first-order valence-corrected chi connectivity index (χ1v) is 4.94. The van der Waals surface area contributed by atoms with Gasteiger partial charge in [-0.05, 0) is 38.1 Å². The molecule has 15 heavy (non-hydrogen) atoms. The van der Waals surface area contributed by atoms with Crippen LogP contribution in [0.15, 0.2) is 24.3 Å². The van der Waals surface area contributed by atoms with Gasteiger partial charge in [-0.15, -0.1) is 0 Å². The van der Waals surface area contributed by atoms with Crippen LogP contribution in [0.25, 0.3) is 0 Å². The summed E-state index contributed by atoms with van der Waals surface area (Å²) in [5.41, 5.74) is 10.1. The summed E-state index contributed by atoms with van der Waals surface area (Å²) in [6.45, 7) is 4.00. The third-order valence-corrected chi connectivity index (χ3v) is 2.41. The van der Waals surface area contributed by atoms with E-state index in [1.807, 2.05) is 26.0 Å². The van der Waals surface area contributed by atoms with Gasteiger partial charge < -0.3 is 5.73 Å². The largest absolute Gasteiger partial charge is 0.399 e. The second-order valence-corrected chi connectivity index (χ2v) is 4.49. The molecule has 1 aromatic carbocycles. The highest BCUT2D eigenvalue weighted by Crippen LogP contribution is 2.24. The van der Waals surface area contributed by atoms with Crippen LogP contribution in [0, 0.1) is 0 Å². The van der Waals surface area contributed by atoms with Gasteiger partial charge in [-0.25, -0.2) is 10.4 Å². The molecule has 0 radical (unpaired) electrons. The van der Waals surface area contributed by atoms with Crippen LogP contribution in [0.2, 0.25) is 0 Å². The summed E-state index contributed by atoms with van der Waals surface area (Å²) < 4.78 is 0. The van der Waals surface area contributed by atoms with Crippen LogP contribution in [-0.2, 0) is 4.79 Å². The first-order valence-electron chi connectivity index (χ1n) is 4.94. The number of rotatable bonds is 1. The number of anilines is 2. The molecule has 4 nitrogen and oxygen atoms in total. The van der Waals surface area contributed by atoms with Gasteiger partial charge in [0.25, 0.3) is 0 Å². The van der Waals surface area contributed by atoms with Crippen LogP contribution in [0.1, 0.15) is 20.3 Å². The second-order valence-electron chi connectivity index (χ2n) is 4.49. The molecule has 0 saturated carbocycles. The lowest BCUT2D eigenvalue weighted by Gasteiger charge is -2.21. The lowest BCUT2D eigenvalue weighted by atomic mass is 10.0. The lowest BCUT2D eigenvalue weighted by Crippen LogP contribution is -2.42. The summed E-state index contributed by atoms with van der Waals surface area (Å²) >= 11 is 0. The van der Waals surface area contributed by atoms with E-state index in [-0.39, 0.29) is 11.4 Å². The molecule has 4 heteroatoms. The number of amides is 1. The molecule has 2 rings (SSSR count). The van der Waals surface area contributed by atoms with Gasteiger partial charge in [0.15, 0.2) is 0 Å². The minimum atomic E-state index is -0.168. The Morgan fingerprint density at radius 3 is 2.40 bits per heavy atom. The van der Waals surface area contributed by atoms with E-state index >= 15 is 0 Å². The fraction of sp³-hybridized carbons (Fsp3) is 0.364. The number of nitrogens with zero attached hydrogens (tertiary/aromatic N) is 1. The molecule has 1 saturated heterocycles. The third-order valence-electron chi connectivity index (χ3n) is 2.41. The Kier molecular flexibility index (Phi) is 2.16. The van der Waals surface area contributed by atoms with Crippen LogP contribution in [0.3, 0.4) is 0 Å². The molecule has 0 atom stereocenters. The molecule has 1 heterocycles. The number of benzene rings is 1. The van der Waals surface area contributed by atoms with Crippen LogP contribution in [-0.4, -0.2) is 11.4 Å². The van der Waals surface area contributed by atoms with E-state index in [9.17, 15) is 4.79 Å². The average molecular weight is 205 g/mol. The van der Waals surface area contributed by atoms with Gasteiger partial charge in [0, 0.05) is 17.6 Å². The Morgan fingerprint density at radius 2 is 1.93 bits per heavy atom. The first-order chi connectivity index (χ1) is 6.98. The number of hydrazine groups is 1. The standard InChI is InChI=1S/C11H15N3O/c1-11(2)7-10(15)14(13-11)9-5-3-8(12)4-6-9/h3-6,13H,7,12H2,1-2H3. The molecular weight excluding hydrogens is 190 g/mol. The summed E-state index contributed by atoms with van der Waals surface area (Å²) in [4.78, 5) is 11.7. The number of hydrogen-bond acceptors (Lipinski definition) is 3. The van der Waals surface area contributed by atoms with E-state index in [1.165, 1.54) is 0 Å². The molecule has 0 aliphatic carbocycles. The van der Waals surface area contributed by atoms with Gasteiger partial charge in [-0.3, -0.25) is 4.79 Å². The van der Waals surface area contributed by atoms with E-state index in [0.717, 1.165) is 5.69 Å². The number of hydrogen-bond donors (Lipinski definition) is 2. The summed E-state index contributed by atoms with van der Waals surface area (Å²) in [5.74, 6) is 0.0878. The molecule has 0 unspecified atom stereocenters. The van der Waals surface area contributed by atoms with Gasteiger partial charge in [-0.1, -0.05) is 0 Å². The highest BCUT2D eigenvalue weighted by atomic mass is 16.2. The van der Waals surface area contributed by atoms with Gasteiger partial charge in [-0.2, -0.15) is 0 Å². The van der Waals surface area contributed by atoms with Crippen molar-refractivity contribution in [2.45, 2.75) is 25.8 Å². The van der Waals surface area contributed by atoms with Gasteiger partial charge in [0.2, 0.25) is 5.91 Å². The normalized spacial score (nSPS) is 19.6. The molecule has 1 aliphatic rings. The van der Waals surface area contributed by atoms with Crippen molar-refractivity contribution in [3.63, 3.8) is 0 Å². The SMILES string of the molecule is CC1(C)CC(=O)N(c2ccc(N)cc2)N1. The van der Waals surface area contributed by atoms with Crippen molar-refractivity contribution < 1.29 is 4.79 Å². The second kappa shape index (κ2) is 3.24. The topological polar surface area (TPSA) is 58.4 Å². The Balaban J connectivity index is 2.25. The fourth-order valence-corrected chi connectivity index (χ4v) is 1.69. The summed E-state index contributed by atoms with van der Waals surface area (Å²) in [6, 6.07) is 7.24. The van der Waals surface area contributed by atoms with Gasteiger partial charge in [0.05, 0.1) is 5.69 Å². The highest BCUT2D eigenvalue weighted by Gasteiger charge is 2.35. The van der Waals surface area contributed by atoms with Gasteiger partial charge in [0.1, 0.15) is 0 Å². The Morgan fingerprint density at radius 1 is 1.33 bits per heavy atom. The molecule has 0 bridgehead atoms. The maximum absolute atomic E-state index is 11.7. The molecule has 80 valence electrons. The van der Waals surface area contributed by atoms with Crippen molar-refractivity contribution in [3.05, 3.63) is 24.3 Å². The van der Waals surface area contributed by atoms with Crippen molar-refractivity contribution in [1.29, 1.82) is 0 Å². The highest BCUT2D eigenvalue weighted by molar-refractivity contribution is 5.95. The number of nitrogens with two attached hydrogens (primary N) is 1. The minimum Gasteiger partial charge on any atom is -0.399 e. The Bertz CT molecular complexity index is 383. The maximum atomic E-state index is 11.7. The predicted octanol–water partition coefficient (Wildman–Crippen LogP) is 1.29. The molecule has 1 amide bonds. The van der Waals surface area contributed by atoms with Crippen LogP contribution >= 0.6 is 0 Å². The molecule has 0 spiro atoms. The minimum absolute atomic E-state index is 0.0878. The predicted molar refractivity (Wildman–Crippen MR) is 60.2 cm³/mol. The lowest BCUT2D eigenvalue weighted by molar-refractivity contribution is -0.117. The number of nitrogen functional groups attached to an aromatic ring is 1. The van der Waals surface area contributed by atoms with Gasteiger partial charge >= 0.3 is 0 Å². The van der Waals surface area contributed by atoms with Crippen molar-refractivity contribution in [1.82, 2.24) is 5.43 Å². The molecule has 1 fully saturated rings. The Hall–Kier alpha value is -1.55. The quantitative estimate of drug-likeness (QED) is 0.679. The smallest absolute Gasteiger partial charge is 0.243 e. The summed E-state index contributed by atoms with van der Waals surface area (Å²) in [5, 5.41) is 1.58. The monoisotopic (exact) mass is 205 g/mol. The Labute approximate surface area is 89.0 Å². The molecule has 0 aromatic heterocycles. The van der Waals surface area contributed by atoms with Crippen LogP contribution < -0.4 is 16.2 Å². The fourth-order valence-electron chi connectivity index (χ4n) is 1.69. The zero-order valence-corrected chi connectivity index (χ0v) is 8.95. The van der Waals surface area contributed by atoms with Crippen LogP contribution in [0.4, 0.5) is 11.4 Å². The third kappa shape index (κ3) is 1.94.